The average Bonchev–Trinajstić information content (AvgIpc) is 3.10. The van der Waals surface area contributed by atoms with E-state index in [9.17, 15) is 18.8 Å². The molecule has 1 fully saturated rings. The molecule has 10 heteroatoms. The van der Waals surface area contributed by atoms with E-state index in [1.807, 2.05) is 12.1 Å². The Hall–Kier alpha value is -3.82. The summed E-state index contributed by atoms with van der Waals surface area (Å²) in [4.78, 5) is 41.5. The summed E-state index contributed by atoms with van der Waals surface area (Å²) in [5.41, 5.74) is 2.07. The summed E-state index contributed by atoms with van der Waals surface area (Å²) >= 11 is 11.7. The normalized spacial score (nSPS) is 15.2. The van der Waals surface area contributed by atoms with E-state index in [-0.39, 0.29) is 30.6 Å². The first-order chi connectivity index (χ1) is 17.8. The van der Waals surface area contributed by atoms with Gasteiger partial charge in [-0.2, -0.15) is 0 Å². The van der Waals surface area contributed by atoms with E-state index in [1.165, 1.54) is 29.2 Å². The molecule has 3 aromatic carbocycles. The van der Waals surface area contributed by atoms with Crippen LogP contribution in [0.25, 0.3) is 0 Å². The number of halogens is 2. The molecule has 0 bridgehead atoms. The predicted molar refractivity (Wildman–Crippen MR) is 143 cm³/mol. The van der Waals surface area contributed by atoms with Gasteiger partial charge in [0.1, 0.15) is 11.9 Å². The van der Waals surface area contributed by atoms with Gasteiger partial charge in [-0.25, -0.2) is 9.18 Å². The van der Waals surface area contributed by atoms with Crippen molar-refractivity contribution in [2.24, 2.45) is 0 Å². The molecule has 37 heavy (non-hydrogen) atoms. The molecule has 0 saturated carbocycles. The van der Waals surface area contributed by atoms with Crippen molar-refractivity contribution in [3.05, 3.63) is 94.8 Å². The number of anilines is 2. The van der Waals surface area contributed by atoms with Gasteiger partial charge >= 0.3 is 5.97 Å². The fourth-order valence-electron chi connectivity index (χ4n) is 3.92. The van der Waals surface area contributed by atoms with Gasteiger partial charge in [-0.15, -0.1) is 0 Å². The fraction of sp³-hybridized carbons (Fsp3) is 0.185. The van der Waals surface area contributed by atoms with Crippen LogP contribution in [-0.4, -0.2) is 40.4 Å². The van der Waals surface area contributed by atoms with E-state index < -0.39 is 23.7 Å². The van der Waals surface area contributed by atoms with E-state index in [1.54, 1.807) is 48.2 Å². The zero-order valence-electron chi connectivity index (χ0n) is 19.8. The molecule has 0 aliphatic carbocycles. The quantitative estimate of drug-likeness (QED) is 0.314. The number of carbonyl (C=O) groups is 3. The van der Waals surface area contributed by atoms with E-state index in [2.05, 4.69) is 5.32 Å². The number of ether oxygens (including phenoxy) is 1. The van der Waals surface area contributed by atoms with Crippen molar-refractivity contribution >= 4 is 58.1 Å². The molecular weight excluding hydrogens is 517 g/mol. The van der Waals surface area contributed by atoms with Crippen molar-refractivity contribution in [3.63, 3.8) is 0 Å². The van der Waals surface area contributed by atoms with Crippen molar-refractivity contribution in [1.82, 2.24) is 4.90 Å². The lowest BCUT2D eigenvalue weighted by Crippen LogP contribution is -2.37. The van der Waals surface area contributed by atoms with Gasteiger partial charge in [0.2, 0.25) is 5.91 Å². The summed E-state index contributed by atoms with van der Waals surface area (Å²) < 4.78 is 18.2. The second-order valence-corrected chi connectivity index (χ2v) is 9.05. The molecule has 3 aromatic rings. The van der Waals surface area contributed by atoms with Crippen molar-refractivity contribution in [1.29, 1.82) is 0 Å². The Morgan fingerprint density at radius 3 is 2.30 bits per heavy atom. The minimum atomic E-state index is -0.881. The van der Waals surface area contributed by atoms with E-state index >= 15 is 0 Å². The molecule has 1 aliphatic heterocycles. The van der Waals surface area contributed by atoms with Gasteiger partial charge in [0.15, 0.2) is 5.11 Å². The lowest BCUT2D eigenvalue weighted by molar-refractivity contribution is -0.124. The third kappa shape index (κ3) is 6.12. The molecule has 190 valence electrons. The maximum atomic E-state index is 13.6. The van der Waals surface area contributed by atoms with E-state index in [0.717, 1.165) is 5.56 Å². The van der Waals surface area contributed by atoms with Crippen LogP contribution in [0, 0.1) is 5.82 Å². The van der Waals surface area contributed by atoms with Gasteiger partial charge in [-0.3, -0.25) is 14.5 Å². The Morgan fingerprint density at radius 1 is 1.03 bits per heavy atom. The third-order valence-corrected chi connectivity index (χ3v) is 6.40. The molecule has 1 heterocycles. The number of amides is 2. The molecule has 0 radical (unpaired) electrons. The predicted octanol–water partition coefficient (Wildman–Crippen LogP) is 5.19. The maximum Gasteiger partial charge on any atom is 0.338 e. The summed E-state index contributed by atoms with van der Waals surface area (Å²) in [5, 5.41) is 3.49. The first-order valence-electron chi connectivity index (χ1n) is 11.5. The SMILES string of the molecule is CCOC(=O)c1ccc(N2C(=O)C(CC(=O)Nc3ccc(F)cc3)N(Cc3ccc(Cl)cc3)C2=S)cc1. The molecule has 7 nitrogen and oxygen atoms in total. The number of nitrogens with one attached hydrogen (secondary N) is 1. The topological polar surface area (TPSA) is 78.9 Å². The summed E-state index contributed by atoms with van der Waals surface area (Å²) in [6.07, 6.45) is -0.179. The Bertz CT molecular complexity index is 1320. The molecule has 1 N–H and O–H groups in total. The number of hydrogen-bond acceptors (Lipinski definition) is 5. The first kappa shape index (κ1) is 26.2. The molecule has 1 saturated heterocycles. The Labute approximate surface area is 223 Å². The number of hydrogen-bond donors (Lipinski definition) is 1. The third-order valence-electron chi connectivity index (χ3n) is 5.73. The van der Waals surface area contributed by atoms with Gasteiger partial charge < -0.3 is 15.0 Å². The zero-order chi connectivity index (χ0) is 26.5. The van der Waals surface area contributed by atoms with Crippen LogP contribution in [0.3, 0.4) is 0 Å². The maximum absolute atomic E-state index is 13.6. The van der Waals surface area contributed by atoms with Gasteiger partial charge in [0, 0.05) is 17.3 Å². The number of nitrogens with zero attached hydrogens (tertiary/aromatic N) is 2. The Morgan fingerprint density at radius 2 is 1.68 bits per heavy atom. The fourth-order valence-corrected chi connectivity index (χ4v) is 4.43. The van der Waals surface area contributed by atoms with Gasteiger partial charge in [0.05, 0.1) is 24.3 Å². The second kappa shape index (κ2) is 11.5. The highest BCUT2D eigenvalue weighted by Gasteiger charge is 2.44. The minimum absolute atomic E-state index is 0.179. The summed E-state index contributed by atoms with van der Waals surface area (Å²) in [7, 11) is 0. The van der Waals surface area contributed by atoms with Crippen molar-refractivity contribution in [3.8, 4) is 0 Å². The molecule has 2 amide bonds. The van der Waals surface area contributed by atoms with Crippen molar-refractivity contribution < 1.29 is 23.5 Å². The Kier molecular flexibility index (Phi) is 8.15. The zero-order valence-corrected chi connectivity index (χ0v) is 21.4. The Balaban J connectivity index is 1.59. The molecule has 1 aliphatic rings. The van der Waals surface area contributed by atoms with Gasteiger partial charge in [-0.1, -0.05) is 23.7 Å². The summed E-state index contributed by atoms with van der Waals surface area (Å²) in [6, 6.07) is 17.9. The van der Waals surface area contributed by atoms with Crippen molar-refractivity contribution in [2.45, 2.75) is 25.9 Å². The monoisotopic (exact) mass is 539 g/mol. The highest BCUT2D eigenvalue weighted by molar-refractivity contribution is 7.80. The largest absolute Gasteiger partial charge is 0.462 e. The van der Waals surface area contributed by atoms with Gasteiger partial charge in [0.25, 0.3) is 5.91 Å². The average molecular weight is 540 g/mol. The molecule has 0 aromatic heterocycles. The molecule has 1 unspecified atom stereocenters. The van der Waals surface area contributed by atoms with E-state index in [4.69, 9.17) is 28.6 Å². The number of esters is 1. The van der Waals surface area contributed by atoms with Crippen LogP contribution in [0.15, 0.2) is 72.8 Å². The highest BCUT2D eigenvalue weighted by atomic mass is 35.5. The van der Waals surface area contributed by atoms with Crippen LogP contribution in [-0.2, 0) is 20.9 Å². The first-order valence-corrected chi connectivity index (χ1v) is 12.3. The van der Waals surface area contributed by atoms with Crippen LogP contribution in [0.5, 0.6) is 0 Å². The lowest BCUT2D eigenvalue weighted by atomic mass is 10.1. The number of thiocarbonyl (C=S) groups is 1. The second-order valence-electron chi connectivity index (χ2n) is 8.25. The smallest absolute Gasteiger partial charge is 0.338 e. The standard InChI is InChI=1S/C27H23ClFN3O4S/c1-2-36-26(35)18-5-13-22(14-6-18)32-25(34)23(15-24(33)30-21-11-9-20(29)10-12-21)31(27(32)37)16-17-3-7-19(28)8-4-17/h3-14,23H,2,15-16H2,1H3,(H,30,33). The van der Waals surface area contributed by atoms with Crippen molar-refractivity contribution in [2.75, 3.05) is 16.8 Å². The van der Waals surface area contributed by atoms with Crippen LogP contribution >= 0.6 is 23.8 Å². The highest BCUT2D eigenvalue weighted by Crippen LogP contribution is 2.29. The molecule has 1 atom stereocenters. The number of benzene rings is 3. The van der Waals surface area contributed by atoms with Crippen LogP contribution in [0.1, 0.15) is 29.3 Å². The summed E-state index contributed by atoms with van der Waals surface area (Å²) in [5.74, 6) is -1.69. The van der Waals surface area contributed by atoms with Crippen LogP contribution in [0.2, 0.25) is 5.02 Å². The molecular formula is C27H23ClFN3O4S. The lowest BCUT2D eigenvalue weighted by Gasteiger charge is -2.24. The number of rotatable bonds is 8. The molecule has 0 spiro atoms. The van der Waals surface area contributed by atoms with Gasteiger partial charge in [-0.05, 0) is 85.4 Å². The van der Waals surface area contributed by atoms with Crippen LogP contribution < -0.4 is 10.2 Å². The minimum Gasteiger partial charge on any atom is -0.462 e. The van der Waals surface area contributed by atoms with E-state index in [0.29, 0.717) is 22.0 Å². The van der Waals surface area contributed by atoms with Crippen LogP contribution in [0.4, 0.5) is 15.8 Å². The summed E-state index contributed by atoms with van der Waals surface area (Å²) in [6.45, 7) is 2.24. The number of carbonyl (C=O) groups excluding carboxylic acids is 3. The molecule has 4 rings (SSSR count).